The third-order valence-corrected chi connectivity index (χ3v) is 4.03. The Morgan fingerprint density at radius 2 is 2.00 bits per heavy atom. The predicted molar refractivity (Wildman–Crippen MR) is 72.7 cm³/mol. The van der Waals surface area contributed by atoms with E-state index in [9.17, 15) is 0 Å². The van der Waals surface area contributed by atoms with E-state index in [-0.39, 0.29) is 6.04 Å². The topological polar surface area (TPSA) is 41.3 Å². The van der Waals surface area contributed by atoms with Gasteiger partial charge in [-0.2, -0.15) is 0 Å². The Balaban J connectivity index is 1.95. The molecule has 0 amide bonds. The molecule has 4 nitrogen and oxygen atoms in total. The maximum atomic E-state index is 5.65. The first kappa shape index (κ1) is 13.6. The highest BCUT2D eigenvalue weighted by Gasteiger charge is 2.25. The molecule has 2 rings (SSSR count). The van der Waals surface area contributed by atoms with Crippen LogP contribution in [0.2, 0.25) is 0 Å². The van der Waals surface area contributed by atoms with Crippen molar-refractivity contribution in [3.05, 3.63) is 17.8 Å². The summed E-state index contributed by atoms with van der Waals surface area (Å²) in [6.45, 7) is 8.93. The van der Waals surface area contributed by atoms with Gasteiger partial charge in [-0.3, -0.25) is 0 Å². The second-order valence-corrected chi connectivity index (χ2v) is 5.52. The van der Waals surface area contributed by atoms with Gasteiger partial charge in [-0.1, -0.05) is 0 Å². The molecule has 1 aromatic rings. The van der Waals surface area contributed by atoms with Gasteiger partial charge < -0.3 is 14.6 Å². The van der Waals surface area contributed by atoms with Crippen molar-refractivity contribution in [2.45, 2.75) is 51.6 Å². The second kappa shape index (κ2) is 5.85. The summed E-state index contributed by atoms with van der Waals surface area (Å²) in [4.78, 5) is 7.15. The van der Waals surface area contributed by atoms with Crippen LogP contribution in [0.3, 0.4) is 0 Å². The van der Waals surface area contributed by atoms with Gasteiger partial charge in [-0.05, 0) is 53.8 Å². The van der Waals surface area contributed by atoms with Crippen LogP contribution >= 0.6 is 0 Å². The summed E-state index contributed by atoms with van der Waals surface area (Å²) in [6.07, 6.45) is 4.11. The van der Waals surface area contributed by atoms with Crippen LogP contribution in [0.1, 0.15) is 57.2 Å². The number of oxazole rings is 1. The number of nitrogens with one attached hydrogen (secondary N) is 1. The van der Waals surface area contributed by atoms with Crippen molar-refractivity contribution in [2.24, 2.45) is 0 Å². The Morgan fingerprint density at radius 3 is 2.56 bits per heavy atom. The Kier molecular flexibility index (Phi) is 4.40. The molecule has 1 fully saturated rings. The van der Waals surface area contributed by atoms with Crippen molar-refractivity contribution in [2.75, 3.05) is 20.1 Å². The zero-order valence-electron chi connectivity index (χ0n) is 11.9. The highest BCUT2D eigenvalue weighted by molar-refractivity contribution is 5.05. The van der Waals surface area contributed by atoms with E-state index in [4.69, 9.17) is 4.42 Å². The van der Waals surface area contributed by atoms with Crippen LogP contribution in [0.15, 0.2) is 10.7 Å². The van der Waals surface area contributed by atoms with Crippen LogP contribution in [0.25, 0.3) is 0 Å². The number of piperidine rings is 1. The van der Waals surface area contributed by atoms with Gasteiger partial charge in [0.05, 0.1) is 5.69 Å². The monoisotopic (exact) mass is 251 g/mol. The Labute approximate surface area is 110 Å². The summed E-state index contributed by atoms with van der Waals surface area (Å²) in [6, 6.07) is 0.911. The number of hydrogen-bond donors (Lipinski definition) is 1. The molecule has 102 valence electrons. The standard InChI is InChI=1S/C14H25N3O/c1-10(2)17-7-5-12(6-8-17)14-16-13(9-18-14)11(3)15-4/h9-12,15H,5-8H2,1-4H3. The lowest BCUT2D eigenvalue weighted by Crippen LogP contribution is -2.37. The van der Waals surface area contributed by atoms with E-state index in [1.165, 1.54) is 0 Å². The molecule has 1 unspecified atom stereocenters. The smallest absolute Gasteiger partial charge is 0.197 e. The first-order valence-electron chi connectivity index (χ1n) is 6.98. The summed E-state index contributed by atoms with van der Waals surface area (Å²) in [5.41, 5.74) is 1.01. The van der Waals surface area contributed by atoms with E-state index in [1.807, 2.05) is 7.05 Å². The second-order valence-electron chi connectivity index (χ2n) is 5.52. The Hall–Kier alpha value is -0.870. The lowest BCUT2D eigenvalue weighted by atomic mass is 9.96. The molecule has 0 saturated carbocycles. The minimum Gasteiger partial charge on any atom is -0.448 e. The number of aromatic nitrogens is 1. The number of likely N-dealkylation sites (tertiary alicyclic amines) is 1. The Morgan fingerprint density at radius 1 is 1.33 bits per heavy atom. The van der Waals surface area contributed by atoms with Crippen molar-refractivity contribution in [3.63, 3.8) is 0 Å². The summed E-state index contributed by atoms with van der Waals surface area (Å²) < 4.78 is 5.65. The molecule has 1 aliphatic heterocycles. The molecule has 0 aromatic carbocycles. The molecule has 4 heteroatoms. The first-order chi connectivity index (χ1) is 8.61. The fourth-order valence-corrected chi connectivity index (χ4v) is 2.50. The average molecular weight is 251 g/mol. The van der Waals surface area contributed by atoms with Crippen molar-refractivity contribution in [1.29, 1.82) is 0 Å². The van der Waals surface area contributed by atoms with Gasteiger partial charge in [0.1, 0.15) is 6.26 Å². The van der Waals surface area contributed by atoms with Crippen LogP contribution in [0.4, 0.5) is 0 Å². The fraction of sp³-hybridized carbons (Fsp3) is 0.786. The van der Waals surface area contributed by atoms with Crippen molar-refractivity contribution >= 4 is 0 Å². The van der Waals surface area contributed by atoms with Gasteiger partial charge in [0.25, 0.3) is 0 Å². The Bertz CT molecular complexity index is 367. The van der Waals surface area contributed by atoms with Crippen molar-refractivity contribution < 1.29 is 4.42 Å². The lowest BCUT2D eigenvalue weighted by molar-refractivity contribution is 0.163. The zero-order valence-corrected chi connectivity index (χ0v) is 11.9. The highest BCUT2D eigenvalue weighted by Crippen LogP contribution is 2.29. The van der Waals surface area contributed by atoms with E-state index in [2.05, 4.69) is 36.0 Å². The number of nitrogens with zero attached hydrogens (tertiary/aromatic N) is 2. The van der Waals surface area contributed by atoms with Crippen molar-refractivity contribution in [1.82, 2.24) is 15.2 Å². The van der Waals surface area contributed by atoms with Crippen LogP contribution in [0.5, 0.6) is 0 Å². The summed E-state index contributed by atoms with van der Waals surface area (Å²) in [5, 5.41) is 3.19. The molecule has 1 aromatic heterocycles. The summed E-state index contributed by atoms with van der Waals surface area (Å²) in [7, 11) is 1.94. The van der Waals surface area contributed by atoms with Crippen molar-refractivity contribution in [3.8, 4) is 0 Å². The van der Waals surface area contributed by atoms with Gasteiger partial charge in [-0.25, -0.2) is 4.98 Å². The molecule has 18 heavy (non-hydrogen) atoms. The quantitative estimate of drug-likeness (QED) is 0.893. The molecule has 2 heterocycles. The fourth-order valence-electron chi connectivity index (χ4n) is 2.50. The molecule has 1 aliphatic rings. The number of hydrogen-bond acceptors (Lipinski definition) is 4. The van der Waals surface area contributed by atoms with E-state index in [1.54, 1.807) is 6.26 Å². The van der Waals surface area contributed by atoms with Gasteiger partial charge in [0.2, 0.25) is 0 Å². The van der Waals surface area contributed by atoms with Crippen LogP contribution in [-0.4, -0.2) is 36.1 Å². The van der Waals surface area contributed by atoms with Crippen LogP contribution < -0.4 is 5.32 Å². The SMILES string of the molecule is CNC(C)c1coc(C2CCN(C(C)C)CC2)n1. The summed E-state index contributed by atoms with van der Waals surface area (Å²) >= 11 is 0. The minimum atomic E-state index is 0.262. The normalized spacial score (nSPS) is 20.5. The third-order valence-electron chi connectivity index (χ3n) is 4.03. The largest absolute Gasteiger partial charge is 0.448 e. The molecular formula is C14H25N3O. The van der Waals surface area contributed by atoms with Crippen LogP contribution in [0, 0.1) is 0 Å². The van der Waals surface area contributed by atoms with Gasteiger partial charge in [-0.15, -0.1) is 0 Å². The molecular weight excluding hydrogens is 226 g/mol. The van der Waals surface area contributed by atoms with E-state index >= 15 is 0 Å². The van der Waals surface area contributed by atoms with Gasteiger partial charge in [0, 0.05) is 18.0 Å². The molecule has 0 spiro atoms. The first-order valence-corrected chi connectivity index (χ1v) is 6.98. The van der Waals surface area contributed by atoms with Gasteiger partial charge >= 0.3 is 0 Å². The van der Waals surface area contributed by atoms with Gasteiger partial charge in [0.15, 0.2) is 5.89 Å². The minimum absolute atomic E-state index is 0.262. The molecule has 0 bridgehead atoms. The van der Waals surface area contributed by atoms with E-state index in [0.717, 1.165) is 37.5 Å². The van der Waals surface area contributed by atoms with E-state index < -0.39 is 0 Å². The maximum Gasteiger partial charge on any atom is 0.197 e. The molecule has 1 N–H and O–H groups in total. The van der Waals surface area contributed by atoms with Crippen LogP contribution in [-0.2, 0) is 0 Å². The average Bonchev–Trinajstić information content (AvgIpc) is 2.87. The molecule has 1 saturated heterocycles. The zero-order chi connectivity index (χ0) is 13.1. The molecule has 0 radical (unpaired) electrons. The molecule has 1 atom stereocenters. The van der Waals surface area contributed by atoms with E-state index in [0.29, 0.717) is 12.0 Å². The predicted octanol–water partition coefficient (Wildman–Crippen LogP) is 2.54. The maximum absolute atomic E-state index is 5.65. The third kappa shape index (κ3) is 2.93. The summed E-state index contributed by atoms with van der Waals surface area (Å²) in [5.74, 6) is 1.42. The number of rotatable bonds is 4. The molecule has 0 aliphatic carbocycles. The lowest BCUT2D eigenvalue weighted by Gasteiger charge is -2.33. The highest BCUT2D eigenvalue weighted by atomic mass is 16.3.